The van der Waals surface area contributed by atoms with Crippen LogP contribution < -0.4 is 14.8 Å². The summed E-state index contributed by atoms with van der Waals surface area (Å²) < 4.78 is 33.7. The quantitative estimate of drug-likeness (QED) is 0.633. The molecule has 8 heteroatoms. The van der Waals surface area contributed by atoms with Crippen LogP contribution in [0.3, 0.4) is 0 Å². The molecule has 28 heavy (non-hydrogen) atoms. The lowest BCUT2D eigenvalue weighted by atomic mass is 10.1. The van der Waals surface area contributed by atoms with E-state index in [-0.39, 0.29) is 17.4 Å². The Morgan fingerprint density at radius 1 is 1.14 bits per heavy atom. The van der Waals surface area contributed by atoms with Gasteiger partial charge in [0.2, 0.25) is 15.9 Å². The van der Waals surface area contributed by atoms with Crippen LogP contribution in [0.4, 0.5) is 5.69 Å². The van der Waals surface area contributed by atoms with Gasteiger partial charge in [-0.2, -0.15) is 0 Å². The summed E-state index contributed by atoms with van der Waals surface area (Å²) in [6.45, 7) is 7.34. The average molecular weight is 423 g/mol. The van der Waals surface area contributed by atoms with Gasteiger partial charge in [-0.25, -0.2) is 13.1 Å². The molecule has 1 amide bonds. The van der Waals surface area contributed by atoms with Gasteiger partial charge in [-0.1, -0.05) is 6.07 Å². The highest BCUT2D eigenvalue weighted by atomic mass is 32.2. The van der Waals surface area contributed by atoms with E-state index in [1.807, 2.05) is 38.3 Å². The SMILES string of the molecule is CSc1ccc(S(=O)(=O)NC(C)COc2ccc(C)c(C)c2)cc1NC(C)=O. The molecule has 1 unspecified atom stereocenters. The number of rotatable bonds is 8. The molecule has 0 saturated carbocycles. The number of sulfonamides is 1. The Kier molecular flexibility index (Phi) is 7.51. The Labute approximate surface area is 171 Å². The Hall–Kier alpha value is -2.03. The predicted octanol–water partition coefficient (Wildman–Crippen LogP) is 3.73. The first-order valence-corrected chi connectivity index (χ1v) is 11.5. The second kappa shape index (κ2) is 9.45. The lowest BCUT2D eigenvalue weighted by Gasteiger charge is -2.17. The Bertz CT molecular complexity index is 959. The van der Waals surface area contributed by atoms with E-state index in [2.05, 4.69) is 10.0 Å². The molecule has 0 aromatic heterocycles. The van der Waals surface area contributed by atoms with Gasteiger partial charge >= 0.3 is 0 Å². The van der Waals surface area contributed by atoms with E-state index >= 15 is 0 Å². The van der Waals surface area contributed by atoms with E-state index in [1.54, 1.807) is 13.0 Å². The van der Waals surface area contributed by atoms with Crippen molar-refractivity contribution in [2.24, 2.45) is 0 Å². The lowest BCUT2D eigenvalue weighted by Crippen LogP contribution is -2.36. The van der Waals surface area contributed by atoms with Gasteiger partial charge in [-0.3, -0.25) is 4.79 Å². The molecule has 0 aliphatic carbocycles. The Balaban J connectivity index is 2.09. The van der Waals surface area contributed by atoms with Crippen molar-refractivity contribution in [2.75, 3.05) is 18.2 Å². The molecule has 2 aromatic rings. The van der Waals surface area contributed by atoms with Crippen molar-refractivity contribution in [3.8, 4) is 5.75 Å². The number of ether oxygens (including phenoxy) is 1. The number of carbonyl (C=O) groups is 1. The zero-order valence-electron chi connectivity index (χ0n) is 16.7. The van der Waals surface area contributed by atoms with Crippen LogP contribution in [-0.4, -0.2) is 33.2 Å². The van der Waals surface area contributed by atoms with Crippen molar-refractivity contribution in [1.29, 1.82) is 0 Å². The van der Waals surface area contributed by atoms with E-state index < -0.39 is 16.1 Å². The summed E-state index contributed by atoms with van der Waals surface area (Å²) in [5, 5.41) is 2.67. The molecule has 2 N–H and O–H groups in total. The summed E-state index contributed by atoms with van der Waals surface area (Å²) in [6, 6.07) is 10.00. The average Bonchev–Trinajstić information content (AvgIpc) is 2.62. The van der Waals surface area contributed by atoms with Crippen molar-refractivity contribution >= 4 is 33.4 Å². The molecule has 0 aliphatic rings. The molecule has 2 aromatic carbocycles. The van der Waals surface area contributed by atoms with Gasteiger partial charge in [0, 0.05) is 11.8 Å². The smallest absolute Gasteiger partial charge is 0.241 e. The highest BCUT2D eigenvalue weighted by molar-refractivity contribution is 7.98. The van der Waals surface area contributed by atoms with Crippen molar-refractivity contribution in [2.45, 2.75) is 43.5 Å². The first-order valence-electron chi connectivity index (χ1n) is 8.80. The van der Waals surface area contributed by atoms with Crippen molar-refractivity contribution in [3.63, 3.8) is 0 Å². The van der Waals surface area contributed by atoms with E-state index in [0.29, 0.717) is 11.4 Å². The van der Waals surface area contributed by atoms with Gasteiger partial charge in [0.1, 0.15) is 12.4 Å². The number of carbonyl (C=O) groups excluding carboxylic acids is 1. The van der Waals surface area contributed by atoms with Crippen LogP contribution in [0.2, 0.25) is 0 Å². The van der Waals surface area contributed by atoms with Gasteiger partial charge in [-0.15, -0.1) is 11.8 Å². The summed E-state index contributed by atoms with van der Waals surface area (Å²) in [7, 11) is -3.75. The summed E-state index contributed by atoms with van der Waals surface area (Å²) in [5.41, 5.74) is 2.76. The van der Waals surface area contributed by atoms with Crippen LogP contribution in [-0.2, 0) is 14.8 Å². The van der Waals surface area contributed by atoms with E-state index in [4.69, 9.17) is 4.74 Å². The van der Waals surface area contributed by atoms with Crippen LogP contribution in [0.5, 0.6) is 5.75 Å². The number of hydrogen-bond donors (Lipinski definition) is 2. The van der Waals surface area contributed by atoms with Crippen molar-refractivity contribution < 1.29 is 17.9 Å². The number of thioether (sulfide) groups is 1. The van der Waals surface area contributed by atoms with Crippen LogP contribution in [0.25, 0.3) is 0 Å². The van der Waals surface area contributed by atoms with E-state index in [9.17, 15) is 13.2 Å². The molecule has 0 spiro atoms. The van der Waals surface area contributed by atoms with Gasteiger partial charge in [0.15, 0.2) is 0 Å². The normalized spacial score (nSPS) is 12.5. The zero-order valence-corrected chi connectivity index (χ0v) is 18.3. The largest absolute Gasteiger partial charge is 0.492 e. The number of aryl methyl sites for hydroxylation is 2. The monoisotopic (exact) mass is 422 g/mol. The summed E-state index contributed by atoms with van der Waals surface area (Å²) in [6.07, 6.45) is 1.86. The summed E-state index contributed by atoms with van der Waals surface area (Å²) in [5.74, 6) is 0.444. The highest BCUT2D eigenvalue weighted by Gasteiger charge is 2.19. The fraction of sp³-hybridized carbons (Fsp3) is 0.350. The second-order valence-electron chi connectivity index (χ2n) is 6.62. The molecule has 2 rings (SSSR count). The molecule has 1 atom stereocenters. The van der Waals surface area contributed by atoms with E-state index in [0.717, 1.165) is 10.5 Å². The maximum absolute atomic E-state index is 12.7. The number of nitrogens with one attached hydrogen (secondary N) is 2. The minimum absolute atomic E-state index is 0.0899. The first kappa shape index (κ1) is 22.3. The second-order valence-corrected chi connectivity index (χ2v) is 9.18. The van der Waals surface area contributed by atoms with Crippen LogP contribution >= 0.6 is 11.8 Å². The van der Waals surface area contributed by atoms with Crippen LogP contribution in [0, 0.1) is 13.8 Å². The minimum Gasteiger partial charge on any atom is -0.492 e. The van der Waals surface area contributed by atoms with Gasteiger partial charge in [-0.05, 0) is 68.5 Å². The minimum atomic E-state index is -3.75. The molecule has 0 saturated heterocycles. The Morgan fingerprint density at radius 3 is 2.46 bits per heavy atom. The molecule has 0 radical (unpaired) electrons. The predicted molar refractivity (Wildman–Crippen MR) is 114 cm³/mol. The fourth-order valence-corrected chi connectivity index (χ4v) is 4.32. The zero-order chi connectivity index (χ0) is 20.9. The van der Waals surface area contributed by atoms with E-state index in [1.165, 1.54) is 36.4 Å². The lowest BCUT2D eigenvalue weighted by molar-refractivity contribution is -0.114. The number of hydrogen-bond acceptors (Lipinski definition) is 5. The standard InChI is InChI=1S/C20H26N2O4S2/c1-13-6-7-17(10-14(13)2)26-12-15(3)22-28(24,25)18-8-9-20(27-5)19(11-18)21-16(4)23/h6-11,15,22H,12H2,1-5H3,(H,21,23). The van der Waals surface area contributed by atoms with Gasteiger partial charge in [0.25, 0.3) is 0 Å². The maximum Gasteiger partial charge on any atom is 0.241 e. The third-order valence-corrected chi connectivity index (χ3v) is 6.51. The van der Waals surface area contributed by atoms with Crippen molar-refractivity contribution in [3.05, 3.63) is 47.5 Å². The molecule has 0 bridgehead atoms. The molecule has 6 nitrogen and oxygen atoms in total. The topological polar surface area (TPSA) is 84.5 Å². The maximum atomic E-state index is 12.7. The van der Waals surface area contributed by atoms with Crippen LogP contribution in [0.1, 0.15) is 25.0 Å². The highest BCUT2D eigenvalue weighted by Crippen LogP contribution is 2.28. The molecule has 152 valence electrons. The third-order valence-electron chi connectivity index (χ3n) is 4.13. The van der Waals surface area contributed by atoms with Gasteiger partial charge in [0.05, 0.1) is 16.6 Å². The molecular weight excluding hydrogens is 396 g/mol. The first-order chi connectivity index (χ1) is 13.1. The summed E-state index contributed by atoms with van der Waals surface area (Å²) >= 11 is 1.43. The number of anilines is 1. The number of benzene rings is 2. The fourth-order valence-electron chi connectivity index (χ4n) is 2.53. The molecular formula is C20H26N2O4S2. The number of amides is 1. The molecule has 0 fully saturated rings. The van der Waals surface area contributed by atoms with Gasteiger partial charge < -0.3 is 10.1 Å². The molecule has 0 aliphatic heterocycles. The third kappa shape index (κ3) is 5.98. The molecule has 0 heterocycles. The summed E-state index contributed by atoms with van der Waals surface area (Å²) in [4.78, 5) is 12.3. The van der Waals surface area contributed by atoms with Crippen molar-refractivity contribution in [1.82, 2.24) is 4.72 Å². The van der Waals surface area contributed by atoms with Crippen LogP contribution in [0.15, 0.2) is 46.2 Å². The Morgan fingerprint density at radius 2 is 1.86 bits per heavy atom.